The van der Waals surface area contributed by atoms with Crippen LogP contribution in [0.4, 0.5) is 0 Å². The molecular weight excluding hydrogens is 204 g/mol. The van der Waals surface area contributed by atoms with E-state index in [0.717, 1.165) is 25.7 Å². The van der Waals surface area contributed by atoms with Gasteiger partial charge in [-0.2, -0.15) is 0 Å². The third-order valence-electron chi connectivity index (χ3n) is 3.19. The number of aliphatic carboxylic acids is 1. The second kappa shape index (κ2) is 5.64. The van der Waals surface area contributed by atoms with E-state index in [1.807, 2.05) is 0 Å². The monoisotopic (exact) mass is 228 g/mol. The van der Waals surface area contributed by atoms with Gasteiger partial charge in [0.05, 0.1) is 5.41 Å². The molecule has 1 fully saturated rings. The predicted molar refractivity (Wildman–Crippen MR) is 64.6 cm³/mol. The Labute approximate surface area is 98.0 Å². The zero-order valence-electron chi connectivity index (χ0n) is 10.6. The van der Waals surface area contributed by atoms with Crippen LogP contribution < -0.4 is 5.32 Å². The molecule has 4 nitrogen and oxygen atoms in total. The van der Waals surface area contributed by atoms with Crippen molar-refractivity contribution in [3.63, 3.8) is 0 Å². The van der Waals surface area contributed by atoms with E-state index in [-0.39, 0.29) is 0 Å². The topological polar surface area (TPSA) is 52.6 Å². The predicted octanol–water partition coefficient (Wildman–Crippen LogP) is 1.17. The molecule has 0 radical (unpaired) electrons. The summed E-state index contributed by atoms with van der Waals surface area (Å²) in [6.45, 7) is 9.21. The Morgan fingerprint density at radius 2 is 2.12 bits per heavy atom. The molecule has 1 saturated carbocycles. The maximum Gasteiger partial charge on any atom is 0.310 e. The molecule has 0 amide bonds. The highest BCUT2D eigenvalue weighted by Crippen LogP contribution is 2.25. The molecule has 2 N–H and O–H groups in total. The fraction of sp³-hybridized carbons (Fsp3) is 0.917. The molecule has 16 heavy (non-hydrogen) atoms. The second-order valence-corrected chi connectivity index (χ2v) is 5.23. The van der Waals surface area contributed by atoms with Gasteiger partial charge in [-0.25, -0.2) is 0 Å². The fourth-order valence-electron chi connectivity index (χ4n) is 1.74. The number of carbonyl (C=O) groups is 1. The lowest BCUT2D eigenvalue weighted by molar-refractivity contribution is -0.146. The van der Waals surface area contributed by atoms with E-state index in [0.29, 0.717) is 6.54 Å². The van der Waals surface area contributed by atoms with Crippen LogP contribution >= 0.6 is 0 Å². The molecule has 0 atom stereocenters. The number of hydrogen-bond acceptors (Lipinski definition) is 3. The minimum atomic E-state index is -0.741. The van der Waals surface area contributed by atoms with Crippen molar-refractivity contribution in [2.45, 2.75) is 39.7 Å². The summed E-state index contributed by atoms with van der Waals surface area (Å²) >= 11 is 0. The number of likely N-dealkylation sites (N-methyl/N-ethyl adjacent to an activating group) is 1. The molecule has 0 heterocycles. The molecule has 0 aromatic carbocycles. The lowest BCUT2D eigenvalue weighted by atomic mass is 9.94. The summed E-state index contributed by atoms with van der Waals surface area (Å²) in [5.41, 5.74) is -0.670. The lowest BCUT2D eigenvalue weighted by Gasteiger charge is -2.23. The van der Waals surface area contributed by atoms with Crippen LogP contribution in [0.3, 0.4) is 0 Å². The third kappa shape index (κ3) is 4.10. The standard InChI is InChI=1S/C12H24N2O2/c1-4-14(10-5-6-10)8-7-13-9-12(2,3)11(15)16/h10,13H,4-9H2,1-3H3,(H,15,16). The summed E-state index contributed by atoms with van der Waals surface area (Å²) in [5.74, 6) is -0.741. The highest BCUT2D eigenvalue weighted by Gasteiger charge is 2.28. The van der Waals surface area contributed by atoms with Gasteiger partial charge in [-0.15, -0.1) is 0 Å². The van der Waals surface area contributed by atoms with E-state index in [9.17, 15) is 4.79 Å². The number of carboxylic acids is 1. The van der Waals surface area contributed by atoms with Crippen molar-refractivity contribution >= 4 is 5.97 Å². The summed E-state index contributed by atoms with van der Waals surface area (Å²) in [4.78, 5) is 13.3. The van der Waals surface area contributed by atoms with Gasteiger partial charge < -0.3 is 10.4 Å². The maximum atomic E-state index is 10.9. The minimum absolute atomic E-state index is 0.532. The molecule has 0 aromatic rings. The molecule has 0 unspecified atom stereocenters. The molecule has 94 valence electrons. The van der Waals surface area contributed by atoms with Gasteiger partial charge in [0.2, 0.25) is 0 Å². The molecule has 1 aliphatic carbocycles. The Bertz CT molecular complexity index is 237. The van der Waals surface area contributed by atoms with Gasteiger partial charge in [0.1, 0.15) is 0 Å². The van der Waals surface area contributed by atoms with E-state index >= 15 is 0 Å². The van der Waals surface area contributed by atoms with Gasteiger partial charge in [-0.1, -0.05) is 6.92 Å². The van der Waals surface area contributed by atoms with Crippen molar-refractivity contribution < 1.29 is 9.90 Å². The largest absolute Gasteiger partial charge is 0.481 e. The Morgan fingerprint density at radius 1 is 1.50 bits per heavy atom. The number of carboxylic acid groups (broad SMARTS) is 1. The summed E-state index contributed by atoms with van der Waals surface area (Å²) in [5, 5.41) is 12.2. The molecule has 4 heteroatoms. The highest BCUT2D eigenvalue weighted by molar-refractivity contribution is 5.73. The number of rotatable bonds is 8. The molecule has 1 rings (SSSR count). The first-order chi connectivity index (χ1) is 7.47. The second-order valence-electron chi connectivity index (χ2n) is 5.23. The van der Waals surface area contributed by atoms with Crippen LogP contribution in [0, 0.1) is 5.41 Å². The normalized spacial score (nSPS) is 16.8. The van der Waals surface area contributed by atoms with Crippen LogP contribution in [-0.2, 0) is 4.79 Å². The third-order valence-corrected chi connectivity index (χ3v) is 3.19. The van der Waals surface area contributed by atoms with Crippen molar-refractivity contribution in [1.82, 2.24) is 10.2 Å². The summed E-state index contributed by atoms with van der Waals surface area (Å²) < 4.78 is 0. The van der Waals surface area contributed by atoms with Crippen molar-refractivity contribution in [1.29, 1.82) is 0 Å². The SMILES string of the molecule is CCN(CCNCC(C)(C)C(=O)O)C1CC1. The minimum Gasteiger partial charge on any atom is -0.481 e. The first-order valence-electron chi connectivity index (χ1n) is 6.15. The molecule has 0 aromatic heterocycles. The van der Waals surface area contributed by atoms with E-state index in [4.69, 9.17) is 5.11 Å². The van der Waals surface area contributed by atoms with E-state index in [2.05, 4.69) is 17.1 Å². The summed E-state index contributed by atoms with van der Waals surface area (Å²) in [6.07, 6.45) is 2.66. The van der Waals surface area contributed by atoms with Gasteiger partial charge in [-0.05, 0) is 33.2 Å². The van der Waals surface area contributed by atoms with Crippen LogP contribution in [-0.4, -0.2) is 48.2 Å². The maximum absolute atomic E-state index is 10.9. The zero-order chi connectivity index (χ0) is 12.2. The van der Waals surface area contributed by atoms with E-state index in [1.165, 1.54) is 12.8 Å². The van der Waals surface area contributed by atoms with Crippen molar-refractivity contribution in [2.24, 2.45) is 5.41 Å². The van der Waals surface area contributed by atoms with Gasteiger partial charge >= 0.3 is 5.97 Å². The fourth-order valence-corrected chi connectivity index (χ4v) is 1.74. The van der Waals surface area contributed by atoms with Crippen LogP contribution in [0.1, 0.15) is 33.6 Å². The van der Waals surface area contributed by atoms with Crippen LogP contribution in [0.2, 0.25) is 0 Å². The number of nitrogens with one attached hydrogen (secondary N) is 1. The van der Waals surface area contributed by atoms with Gasteiger partial charge in [0.15, 0.2) is 0 Å². The quantitative estimate of drug-likeness (QED) is 0.612. The van der Waals surface area contributed by atoms with Crippen LogP contribution in [0.25, 0.3) is 0 Å². The Balaban J connectivity index is 2.13. The molecule has 0 saturated heterocycles. The van der Waals surface area contributed by atoms with Gasteiger partial charge in [-0.3, -0.25) is 9.69 Å². The summed E-state index contributed by atoms with van der Waals surface area (Å²) in [6, 6.07) is 0.791. The van der Waals surface area contributed by atoms with Gasteiger partial charge in [0, 0.05) is 25.7 Å². The number of nitrogens with zero attached hydrogens (tertiary/aromatic N) is 1. The number of hydrogen-bond donors (Lipinski definition) is 2. The van der Waals surface area contributed by atoms with Crippen LogP contribution in [0.5, 0.6) is 0 Å². The average molecular weight is 228 g/mol. The summed E-state index contributed by atoms with van der Waals surface area (Å²) in [7, 11) is 0. The molecule has 0 spiro atoms. The van der Waals surface area contributed by atoms with Gasteiger partial charge in [0.25, 0.3) is 0 Å². The highest BCUT2D eigenvalue weighted by atomic mass is 16.4. The van der Waals surface area contributed by atoms with Crippen molar-refractivity contribution in [2.75, 3.05) is 26.2 Å². The molecule has 0 bridgehead atoms. The van der Waals surface area contributed by atoms with E-state index in [1.54, 1.807) is 13.8 Å². The Hall–Kier alpha value is -0.610. The van der Waals surface area contributed by atoms with Crippen molar-refractivity contribution in [3.8, 4) is 0 Å². The Kier molecular flexibility index (Phi) is 4.74. The Morgan fingerprint density at radius 3 is 2.56 bits per heavy atom. The van der Waals surface area contributed by atoms with E-state index < -0.39 is 11.4 Å². The molecular formula is C12H24N2O2. The first kappa shape index (κ1) is 13.5. The smallest absolute Gasteiger partial charge is 0.310 e. The zero-order valence-corrected chi connectivity index (χ0v) is 10.6. The van der Waals surface area contributed by atoms with Crippen molar-refractivity contribution in [3.05, 3.63) is 0 Å². The molecule has 0 aliphatic heterocycles. The van der Waals surface area contributed by atoms with Crippen LogP contribution in [0.15, 0.2) is 0 Å². The first-order valence-corrected chi connectivity index (χ1v) is 6.15. The average Bonchev–Trinajstić information content (AvgIpc) is 3.01. The molecule has 1 aliphatic rings. The lowest BCUT2D eigenvalue weighted by Crippen LogP contribution is -2.40.